The van der Waals surface area contributed by atoms with E-state index in [1.54, 1.807) is 43.3 Å². The standard InChI is InChI=1S/C38H44O11/c1-5-21-42-32-30(43-22-27-15-9-6-10-16-27)24(2)46-38(35(32)48-36(40)29-19-13-8-14-20-29)49-33-31(25(3)45-26(4)39)47-37(41)34(33)44-23-28-17-11-7-12-18-28/h5-20,24-25,30-35,37-38,41H,1,21-23H2,2-4H3/t24-,25-,30-,31-,32+,33+,34+,35+,37+,38-/m1/s1. The Morgan fingerprint density at radius 3 is 1.94 bits per heavy atom. The van der Waals surface area contributed by atoms with Gasteiger partial charge in [-0.2, -0.15) is 0 Å². The van der Waals surface area contributed by atoms with Crippen molar-refractivity contribution in [2.24, 2.45) is 0 Å². The Kier molecular flexibility index (Phi) is 13.1. The summed E-state index contributed by atoms with van der Waals surface area (Å²) in [5.74, 6) is -1.16. The molecule has 1 N–H and O–H groups in total. The summed E-state index contributed by atoms with van der Waals surface area (Å²) in [5, 5.41) is 11.1. The monoisotopic (exact) mass is 676 g/mol. The van der Waals surface area contributed by atoms with E-state index in [9.17, 15) is 14.7 Å². The van der Waals surface area contributed by atoms with Crippen molar-refractivity contribution in [2.45, 2.75) is 95.4 Å². The van der Waals surface area contributed by atoms with Crippen LogP contribution in [-0.2, 0) is 55.9 Å². The maximum atomic E-state index is 13.6. The zero-order chi connectivity index (χ0) is 34.8. The van der Waals surface area contributed by atoms with Crippen molar-refractivity contribution in [2.75, 3.05) is 6.61 Å². The van der Waals surface area contributed by atoms with Crippen LogP contribution in [0.15, 0.2) is 104 Å². The molecule has 3 aromatic carbocycles. The lowest BCUT2D eigenvalue weighted by Crippen LogP contribution is -2.62. The molecule has 2 saturated heterocycles. The summed E-state index contributed by atoms with van der Waals surface area (Å²) in [4.78, 5) is 25.5. The fourth-order valence-electron chi connectivity index (χ4n) is 5.96. The van der Waals surface area contributed by atoms with Gasteiger partial charge in [0.2, 0.25) is 0 Å². The minimum Gasteiger partial charge on any atom is -0.460 e. The molecule has 10 atom stereocenters. The Morgan fingerprint density at radius 2 is 1.37 bits per heavy atom. The van der Waals surface area contributed by atoms with Gasteiger partial charge in [-0.15, -0.1) is 6.58 Å². The van der Waals surface area contributed by atoms with Gasteiger partial charge in [-0.1, -0.05) is 84.9 Å². The lowest BCUT2D eigenvalue weighted by molar-refractivity contribution is -0.323. The third kappa shape index (κ3) is 9.61. The van der Waals surface area contributed by atoms with Gasteiger partial charge in [0.25, 0.3) is 0 Å². The highest BCUT2D eigenvalue weighted by molar-refractivity contribution is 5.89. The molecule has 0 spiro atoms. The molecule has 0 radical (unpaired) electrons. The molecule has 11 heteroatoms. The highest BCUT2D eigenvalue weighted by Crippen LogP contribution is 2.36. The molecule has 2 fully saturated rings. The van der Waals surface area contributed by atoms with Crippen LogP contribution in [0.4, 0.5) is 0 Å². The van der Waals surface area contributed by atoms with Gasteiger partial charge >= 0.3 is 11.9 Å². The first kappa shape index (κ1) is 36.3. The molecule has 11 nitrogen and oxygen atoms in total. The van der Waals surface area contributed by atoms with Crippen molar-refractivity contribution in [3.8, 4) is 0 Å². The number of ether oxygens (including phenoxy) is 8. The summed E-state index contributed by atoms with van der Waals surface area (Å²) in [6, 6.07) is 27.6. The third-order valence-electron chi connectivity index (χ3n) is 8.29. The Morgan fingerprint density at radius 1 is 0.796 bits per heavy atom. The lowest BCUT2D eigenvalue weighted by atomic mass is 9.98. The van der Waals surface area contributed by atoms with Gasteiger partial charge in [-0.3, -0.25) is 4.79 Å². The van der Waals surface area contributed by atoms with Crippen molar-refractivity contribution in [3.63, 3.8) is 0 Å². The highest BCUT2D eigenvalue weighted by atomic mass is 16.8. The third-order valence-corrected chi connectivity index (χ3v) is 8.29. The number of hydrogen-bond donors (Lipinski definition) is 1. The average Bonchev–Trinajstić information content (AvgIpc) is 3.42. The summed E-state index contributed by atoms with van der Waals surface area (Å²) in [7, 11) is 0. The van der Waals surface area contributed by atoms with Crippen LogP contribution in [0.3, 0.4) is 0 Å². The molecule has 49 heavy (non-hydrogen) atoms. The number of carbonyl (C=O) groups is 2. The Balaban J connectivity index is 1.46. The highest BCUT2D eigenvalue weighted by Gasteiger charge is 2.55. The van der Waals surface area contributed by atoms with Crippen LogP contribution in [0.1, 0.15) is 42.3 Å². The number of hydrogen-bond acceptors (Lipinski definition) is 11. The predicted molar refractivity (Wildman–Crippen MR) is 177 cm³/mol. The summed E-state index contributed by atoms with van der Waals surface area (Å²) in [6.45, 7) is 9.03. The van der Waals surface area contributed by atoms with Crippen molar-refractivity contribution in [1.29, 1.82) is 0 Å². The number of benzene rings is 3. The zero-order valence-corrected chi connectivity index (χ0v) is 27.9. The van der Waals surface area contributed by atoms with E-state index < -0.39 is 73.4 Å². The topological polar surface area (TPSA) is 128 Å². The first-order valence-corrected chi connectivity index (χ1v) is 16.4. The molecule has 0 bridgehead atoms. The van der Waals surface area contributed by atoms with E-state index in [0.717, 1.165) is 11.1 Å². The second-order valence-corrected chi connectivity index (χ2v) is 12.0. The second kappa shape index (κ2) is 17.6. The van der Waals surface area contributed by atoms with Gasteiger partial charge < -0.3 is 43.0 Å². The van der Waals surface area contributed by atoms with Gasteiger partial charge in [0, 0.05) is 6.92 Å². The van der Waals surface area contributed by atoms with Crippen LogP contribution in [0.25, 0.3) is 0 Å². The molecule has 0 amide bonds. The second-order valence-electron chi connectivity index (χ2n) is 12.0. The molecule has 5 rings (SSSR count). The fourth-order valence-corrected chi connectivity index (χ4v) is 5.96. The van der Waals surface area contributed by atoms with Crippen molar-refractivity contribution >= 4 is 11.9 Å². The minimum absolute atomic E-state index is 0.120. The van der Waals surface area contributed by atoms with E-state index in [4.69, 9.17) is 37.9 Å². The zero-order valence-electron chi connectivity index (χ0n) is 27.9. The van der Waals surface area contributed by atoms with Gasteiger partial charge in [0.1, 0.15) is 36.6 Å². The lowest BCUT2D eigenvalue weighted by Gasteiger charge is -2.45. The smallest absolute Gasteiger partial charge is 0.338 e. The Hall–Kier alpha value is -3.94. The maximum absolute atomic E-state index is 13.6. The molecule has 0 aliphatic carbocycles. The van der Waals surface area contributed by atoms with Gasteiger partial charge in [-0.25, -0.2) is 4.79 Å². The molecule has 262 valence electrons. The van der Waals surface area contributed by atoms with E-state index in [1.165, 1.54) is 6.92 Å². The predicted octanol–water partition coefficient (Wildman–Crippen LogP) is 4.75. The fraction of sp³-hybridized carbons (Fsp3) is 0.421. The number of rotatable bonds is 15. The van der Waals surface area contributed by atoms with Crippen LogP contribution in [0, 0.1) is 0 Å². The van der Waals surface area contributed by atoms with Crippen LogP contribution in [-0.4, -0.2) is 85.1 Å². The van der Waals surface area contributed by atoms with Crippen LogP contribution in [0.2, 0.25) is 0 Å². The summed E-state index contributed by atoms with van der Waals surface area (Å²) in [5.41, 5.74) is 2.11. The van der Waals surface area contributed by atoms with Crippen LogP contribution in [0.5, 0.6) is 0 Å². The molecule has 2 aliphatic rings. The van der Waals surface area contributed by atoms with Crippen LogP contribution < -0.4 is 0 Å². The number of aliphatic hydroxyl groups is 1. The number of carbonyl (C=O) groups excluding carboxylic acids is 2. The Bertz CT molecular complexity index is 1470. The normalized spacial score (nSPS) is 28.8. The summed E-state index contributed by atoms with van der Waals surface area (Å²) >= 11 is 0. The molecule has 0 saturated carbocycles. The first-order valence-electron chi connectivity index (χ1n) is 16.4. The largest absolute Gasteiger partial charge is 0.460 e. The minimum atomic E-state index is -1.43. The van der Waals surface area contributed by atoms with E-state index in [0.29, 0.717) is 5.56 Å². The number of aliphatic hydroxyl groups excluding tert-OH is 1. The molecular formula is C38H44O11. The van der Waals surface area contributed by atoms with Crippen molar-refractivity contribution in [3.05, 3.63) is 120 Å². The molecule has 2 aliphatic heterocycles. The summed E-state index contributed by atoms with van der Waals surface area (Å²) < 4.78 is 49.4. The number of esters is 2. The van der Waals surface area contributed by atoms with Gasteiger partial charge in [-0.05, 0) is 37.1 Å². The van der Waals surface area contributed by atoms with E-state index >= 15 is 0 Å². The summed E-state index contributed by atoms with van der Waals surface area (Å²) in [6.07, 6.45) is -8.32. The average molecular weight is 677 g/mol. The maximum Gasteiger partial charge on any atom is 0.338 e. The molecule has 2 heterocycles. The van der Waals surface area contributed by atoms with E-state index in [-0.39, 0.29) is 19.8 Å². The molecular weight excluding hydrogens is 632 g/mol. The van der Waals surface area contributed by atoms with E-state index in [1.807, 2.05) is 67.6 Å². The molecule has 0 unspecified atom stereocenters. The molecule has 0 aromatic heterocycles. The van der Waals surface area contributed by atoms with Gasteiger partial charge in [0.15, 0.2) is 18.7 Å². The quantitative estimate of drug-likeness (QED) is 0.177. The van der Waals surface area contributed by atoms with Crippen LogP contribution >= 0.6 is 0 Å². The van der Waals surface area contributed by atoms with Crippen molar-refractivity contribution in [1.82, 2.24) is 0 Å². The van der Waals surface area contributed by atoms with Gasteiger partial charge in [0.05, 0.1) is 31.5 Å². The first-order chi connectivity index (χ1) is 23.7. The SMILES string of the molecule is C=CCO[C@@H]1[C@H](OC(=O)c2ccccc2)[C@@H](O[C@H]2[C@@H]([C@@H](C)OC(C)=O)O[C@H](O)[C@H]2OCc2ccccc2)O[C@H](C)[C@H]1OCc1ccccc1. The Labute approximate surface area is 286 Å². The molecule has 3 aromatic rings. The van der Waals surface area contributed by atoms with E-state index in [2.05, 4.69) is 6.58 Å². The van der Waals surface area contributed by atoms with Crippen molar-refractivity contribution < 1.29 is 52.6 Å².